The van der Waals surface area contributed by atoms with Gasteiger partial charge in [0.05, 0.1) is 7.11 Å². The first-order valence-corrected chi connectivity index (χ1v) is 8.24. The van der Waals surface area contributed by atoms with E-state index in [1.807, 2.05) is 30.0 Å². The molecule has 1 aliphatic heterocycles. The molecule has 130 valence electrons. The Morgan fingerprint density at radius 3 is 2.91 bits per heavy atom. The lowest BCUT2D eigenvalue weighted by Crippen LogP contribution is -2.44. The molecule has 2 N–H and O–H groups in total. The fourth-order valence-electron chi connectivity index (χ4n) is 3.06. The first-order valence-electron chi connectivity index (χ1n) is 7.86. The van der Waals surface area contributed by atoms with Crippen molar-refractivity contribution in [2.45, 2.75) is 26.2 Å². The molecule has 1 fully saturated rings. The van der Waals surface area contributed by atoms with Crippen molar-refractivity contribution in [2.24, 2.45) is 17.6 Å². The molecule has 1 aliphatic rings. The smallest absolute Gasteiger partial charge is 0.226 e. The normalized spacial score (nSPS) is 19.0. The van der Waals surface area contributed by atoms with Crippen LogP contribution >= 0.6 is 24.0 Å². The molecule has 2 atom stereocenters. The average molecular weight is 361 g/mol. The molecule has 1 amide bonds. The highest BCUT2D eigenvalue weighted by Crippen LogP contribution is 2.28. The summed E-state index contributed by atoms with van der Waals surface area (Å²) in [5.74, 6) is 1.38. The van der Waals surface area contributed by atoms with Crippen molar-refractivity contribution in [2.75, 3.05) is 26.7 Å². The summed E-state index contributed by atoms with van der Waals surface area (Å²) >= 11 is 6.10. The molecule has 0 aromatic heterocycles. The number of rotatable bonds is 5. The first kappa shape index (κ1) is 20.1. The van der Waals surface area contributed by atoms with Crippen molar-refractivity contribution >= 4 is 29.9 Å². The topological polar surface area (TPSA) is 55.6 Å². The van der Waals surface area contributed by atoms with Crippen LogP contribution in [0.15, 0.2) is 18.2 Å². The van der Waals surface area contributed by atoms with Crippen LogP contribution in [-0.4, -0.2) is 37.6 Å². The molecule has 2 rings (SSSR count). The standard InChI is InChI=1S/C17H25ClN2O2.ClH/c1-12(10-19)17(21)20-7-3-4-13(11-20)8-14-9-15(18)5-6-16(14)22-2;/h5-6,9,12-13H,3-4,7-8,10-11,19H2,1-2H3;1H. The maximum atomic E-state index is 12.3. The number of ether oxygens (including phenoxy) is 1. The Bertz CT molecular complexity index is 525. The Kier molecular flexibility index (Phi) is 8.17. The molecule has 0 saturated carbocycles. The molecular formula is C17H26Cl2N2O2. The zero-order valence-electron chi connectivity index (χ0n) is 13.8. The average Bonchev–Trinajstić information content (AvgIpc) is 2.54. The molecule has 23 heavy (non-hydrogen) atoms. The van der Waals surface area contributed by atoms with Crippen LogP contribution in [0.4, 0.5) is 0 Å². The van der Waals surface area contributed by atoms with Crippen LogP contribution in [0, 0.1) is 11.8 Å². The molecule has 0 aliphatic carbocycles. The van der Waals surface area contributed by atoms with Gasteiger partial charge in [0.25, 0.3) is 0 Å². The zero-order valence-corrected chi connectivity index (χ0v) is 15.3. The molecule has 0 bridgehead atoms. The lowest BCUT2D eigenvalue weighted by molar-refractivity contribution is -0.136. The third-order valence-corrected chi connectivity index (χ3v) is 4.59. The molecule has 0 spiro atoms. The van der Waals surface area contributed by atoms with Crippen LogP contribution in [0.25, 0.3) is 0 Å². The summed E-state index contributed by atoms with van der Waals surface area (Å²) in [6.07, 6.45) is 3.04. The number of carbonyl (C=O) groups excluding carboxylic acids is 1. The minimum absolute atomic E-state index is 0. The number of nitrogens with two attached hydrogens (primary N) is 1. The quantitative estimate of drug-likeness (QED) is 0.877. The third-order valence-electron chi connectivity index (χ3n) is 4.36. The van der Waals surface area contributed by atoms with Crippen molar-refractivity contribution in [3.8, 4) is 5.75 Å². The second-order valence-corrected chi connectivity index (χ2v) is 6.53. The molecule has 4 nitrogen and oxygen atoms in total. The Balaban J connectivity index is 0.00000264. The van der Waals surface area contributed by atoms with Crippen LogP contribution in [0.2, 0.25) is 5.02 Å². The molecule has 6 heteroatoms. The van der Waals surface area contributed by atoms with E-state index in [4.69, 9.17) is 22.1 Å². The lowest BCUT2D eigenvalue weighted by atomic mass is 9.90. The fraction of sp³-hybridized carbons (Fsp3) is 0.588. The van der Waals surface area contributed by atoms with E-state index >= 15 is 0 Å². The maximum Gasteiger partial charge on any atom is 0.226 e. The number of likely N-dealkylation sites (tertiary alicyclic amines) is 1. The number of benzene rings is 1. The fourth-order valence-corrected chi connectivity index (χ4v) is 3.26. The number of hydrogen-bond donors (Lipinski definition) is 1. The Hall–Kier alpha value is -0.970. The van der Waals surface area contributed by atoms with Crippen LogP contribution in [0.3, 0.4) is 0 Å². The van der Waals surface area contributed by atoms with Gasteiger partial charge in [-0.25, -0.2) is 0 Å². The predicted molar refractivity (Wildman–Crippen MR) is 96.5 cm³/mol. The van der Waals surface area contributed by atoms with Gasteiger partial charge in [-0.3, -0.25) is 4.79 Å². The van der Waals surface area contributed by atoms with Crippen molar-refractivity contribution in [1.82, 2.24) is 4.90 Å². The van der Waals surface area contributed by atoms with Crippen molar-refractivity contribution in [3.05, 3.63) is 28.8 Å². The summed E-state index contributed by atoms with van der Waals surface area (Å²) in [5.41, 5.74) is 6.73. The molecule has 1 aromatic carbocycles. The van der Waals surface area contributed by atoms with E-state index in [9.17, 15) is 4.79 Å². The van der Waals surface area contributed by atoms with E-state index in [-0.39, 0.29) is 24.2 Å². The maximum absolute atomic E-state index is 12.3. The Morgan fingerprint density at radius 2 is 2.26 bits per heavy atom. The number of carbonyl (C=O) groups is 1. The second-order valence-electron chi connectivity index (χ2n) is 6.09. The molecule has 0 radical (unpaired) electrons. The Labute approximate surface area is 149 Å². The lowest BCUT2D eigenvalue weighted by Gasteiger charge is -2.34. The highest BCUT2D eigenvalue weighted by Gasteiger charge is 2.26. The van der Waals surface area contributed by atoms with Gasteiger partial charge in [0.15, 0.2) is 0 Å². The van der Waals surface area contributed by atoms with Crippen LogP contribution < -0.4 is 10.5 Å². The minimum Gasteiger partial charge on any atom is -0.496 e. The number of methoxy groups -OCH3 is 1. The highest BCUT2D eigenvalue weighted by atomic mass is 35.5. The summed E-state index contributed by atoms with van der Waals surface area (Å²) in [5, 5.41) is 0.719. The van der Waals surface area contributed by atoms with E-state index in [0.717, 1.165) is 48.7 Å². The predicted octanol–water partition coefficient (Wildman–Crippen LogP) is 3.15. The van der Waals surface area contributed by atoms with E-state index in [0.29, 0.717) is 12.5 Å². The van der Waals surface area contributed by atoms with Crippen molar-refractivity contribution in [3.63, 3.8) is 0 Å². The third kappa shape index (κ3) is 5.27. The Morgan fingerprint density at radius 1 is 1.52 bits per heavy atom. The highest BCUT2D eigenvalue weighted by molar-refractivity contribution is 6.30. The van der Waals surface area contributed by atoms with Crippen molar-refractivity contribution in [1.29, 1.82) is 0 Å². The van der Waals surface area contributed by atoms with Gasteiger partial charge in [-0.05, 0) is 48.9 Å². The van der Waals surface area contributed by atoms with Gasteiger partial charge in [-0.15, -0.1) is 12.4 Å². The summed E-state index contributed by atoms with van der Waals surface area (Å²) in [6, 6.07) is 5.70. The second kappa shape index (κ2) is 9.36. The first-order chi connectivity index (χ1) is 10.5. The largest absolute Gasteiger partial charge is 0.496 e. The summed E-state index contributed by atoms with van der Waals surface area (Å²) < 4.78 is 5.42. The van der Waals surface area contributed by atoms with E-state index in [1.165, 1.54) is 0 Å². The summed E-state index contributed by atoms with van der Waals surface area (Å²) in [6.45, 7) is 3.93. The van der Waals surface area contributed by atoms with Gasteiger partial charge in [-0.1, -0.05) is 18.5 Å². The van der Waals surface area contributed by atoms with E-state index < -0.39 is 0 Å². The van der Waals surface area contributed by atoms with Gasteiger partial charge >= 0.3 is 0 Å². The van der Waals surface area contributed by atoms with Crippen LogP contribution in [-0.2, 0) is 11.2 Å². The number of amides is 1. The molecule has 1 saturated heterocycles. The molecular weight excluding hydrogens is 335 g/mol. The SMILES string of the molecule is COc1ccc(Cl)cc1CC1CCCN(C(=O)C(C)CN)C1.Cl. The number of hydrogen-bond acceptors (Lipinski definition) is 3. The van der Waals surface area contributed by atoms with Gasteiger partial charge < -0.3 is 15.4 Å². The minimum atomic E-state index is -0.0977. The number of piperidine rings is 1. The van der Waals surface area contributed by atoms with Crippen LogP contribution in [0.1, 0.15) is 25.3 Å². The number of nitrogens with zero attached hydrogens (tertiary/aromatic N) is 1. The monoisotopic (exact) mass is 360 g/mol. The number of halogens is 2. The summed E-state index contributed by atoms with van der Waals surface area (Å²) in [7, 11) is 1.67. The van der Waals surface area contributed by atoms with E-state index in [2.05, 4.69) is 0 Å². The molecule has 1 heterocycles. The van der Waals surface area contributed by atoms with Gasteiger partial charge in [0.1, 0.15) is 5.75 Å². The molecule has 1 aromatic rings. The van der Waals surface area contributed by atoms with Gasteiger partial charge in [0.2, 0.25) is 5.91 Å². The summed E-state index contributed by atoms with van der Waals surface area (Å²) in [4.78, 5) is 14.3. The zero-order chi connectivity index (χ0) is 16.1. The van der Waals surface area contributed by atoms with Crippen LogP contribution in [0.5, 0.6) is 5.75 Å². The molecule has 2 unspecified atom stereocenters. The van der Waals surface area contributed by atoms with Gasteiger partial charge in [0, 0.05) is 30.6 Å². The van der Waals surface area contributed by atoms with E-state index in [1.54, 1.807) is 7.11 Å². The van der Waals surface area contributed by atoms with Gasteiger partial charge in [-0.2, -0.15) is 0 Å². The van der Waals surface area contributed by atoms with Crippen molar-refractivity contribution < 1.29 is 9.53 Å².